The molecule has 1 N–H and O–H groups in total. The van der Waals surface area contributed by atoms with Crippen molar-refractivity contribution < 1.29 is 19.5 Å². The van der Waals surface area contributed by atoms with E-state index in [0.29, 0.717) is 35.0 Å². The van der Waals surface area contributed by atoms with E-state index in [2.05, 4.69) is 15.9 Å². The van der Waals surface area contributed by atoms with Crippen LogP contribution in [0.5, 0.6) is 0 Å². The van der Waals surface area contributed by atoms with Crippen molar-refractivity contribution in [1.82, 2.24) is 9.80 Å². The standard InChI is InChI=1S/C24H21BrN2O4/c25-18-8-1-7-17(15-18)22(29)26(13-14-28)11-4-12-27-23(30)19-9-2-5-16-6-3-10-20(21(16)19)24(27)31/h1-3,5-10,15,28H,4,11-14H2. The van der Waals surface area contributed by atoms with Crippen molar-refractivity contribution in [3.8, 4) is 0 Å². The monoisotopic (exact) mass is 480 g/mol. The van der Waals surface area contributed by atoms with Gasteiger partial charge in [-0.15, -0.1) is 0 Å². The summed E-state index contributed by atoms with van der Waals surface area (Å²) >= 11 is 3.36. The Kier molecular flexibility index (Phi) is 6.15. The summed E-state index contributed by atoms with van der Waals surface area (Å²) in [7, 11) is 0. The molecule has 0 fully saturated rings. The topological polar surface area (TPSA) is 77.9 Å². The van der Waals surface area contributed by atoms with Crippen LogP contribution in [0.2, 0.25) is 0 Å². The second-order valence-electron chi connectivity index (χ2n) is 7.35. The van der Waals surface area contributed by atoms with E-state index in [1.807, 2.05) is 30.3 Å². The lowest BCUT2D eigenvalue weighted by Crippen LogP contribution is -2.42. The molecule has 31 heavy (non-hydrogen) atoms. The molecule has 1 aliphatic heterocycles. The average molecular weight is 481 g/mol. The lowest BCUT2D eigenvalue weighted by Gasteiger charge is -2.28. The zero-order chi connectivity index (χ0) is 22.0. The average Bonchev–Trinajstić information content (AvgIpc) is 2.78. The molecule has 1 aliphatic rings. The van der Waals surface area contributed by atoms with Gasteiger partial charge in [0.25, 0.3) is 17.7 Å². The van der Waals surface area contributed by atoms with E-state index in [0.717, 1.165) is 9.86 Å². The van der Waals surface area contributed by atoms with E-state index in [-0.39, 0.29) is 37.4 Å². The zero-order valence-electron chi connectivity index (χ0n) is 16.8. The van der Waals surface area contributed by atoms with Crippen molar-refractivity contribution in [3.63, 3.8) is 0 Å². The highest BCUT2D eigenvalue weighted by molar-refractivity contribution is 9.10. The summed E-state index contributed by atoms with van der Waals surface area (Å²) < 4.78 is 0.791. The second kappa shape index (κ2) is 8.99. The normalized spacial score (nSPS) is 13.0. The SMILES string of the molecule is O=C(c1cccc(Br)c1)N(CCO)CCCN1C(=O)c2cccc3cccc(c23)C1=O. The lowest BCUT2D eigenvalue weighted by atomic mass is 9.94. The maximum atomic E-state index is 13.0. The molecule has 4 rings (SSSR count). The minimum Gasteiger partial charge on any atom is -0.395 e. The lowest BCUT2D eigenvalue weighted by molar-refractivity contribution is 0.0596. The summed E-state index contributed by atoms with van der Waals surface area (Å²) in [6, 6.07) is 17.9. The molecular formula is C24H21BrN2O4. The van der Waals surface area contributed by atoms with Gasteiger partial charge in [-0.25, -0.2) is 0 Å². The molecule has 0 spiro atoms. The summed E-state index contributed by atoms with van der Waals surface area (Å²) in [5.41, 5.74) is 1.55. The zero-order valence-corrected chi connectivity index (χ0v) is 18.3. The van der Waals surface area contributed by atoms with Crippen molar-refractivity contribution in [2.24, 2.45) is 0 Å². The number of nitrogens with zero attached hydrogens (tertiary/aromatic N) is 2. The summed E-state index contributed by atoms with van der Waals surface area (Å²) in [5.74, 6) is -0.843. The molecule has 3 aromatic carbocycles. The van der Waals surface area contributed by atoms with E-state index in [4.69, 9.17) is 0 Å². The molecule has 0 bridgehead atoms. The number of aliphatic hydroxyl groups excluding tert-OH is 1. The van der Waals surface area contributed by atoms with Crippen LogP contribution in [0.3, 0.4) is 0 Å². The number of amides is 3. The van der Waals surface area contributed by atoms with E-state index in [1.54, 1.807) is 30.3 Å². The van der Waals surface area contributed by atoms with Gasteiger partial charge in [0.2, 0.25) is 0 Å². The molecule has 7 heteroatoms. The minimum atomic E-state index is -0.318. The number of benzene rings is 3. The van der Waals surface area contributed by atoms with Gasteiger partial charge in [-0.3, -0.25) is 19.3 Å². The molecule has 0 saturated carbocycles. The summed E-state index contributed by atoms with van der Waals surface area (Å²) in [6.07, 6.45) is 0.412. The fourth-order valence-electron chi connectivity index (χ4n) is 3.94. The van der Waals surface area contributed by atoms with Gasteiger partial charge in [-0.05, 0) is 42.1 Å². The molecule has 1 heterocycles. The van der Waals surface area contributed by atoms with Crippen LogP contribution in [0.1, 0.15) is 37.5 Å². The third-order valence-electron chi connectivity index (χ3n) is 5.39. The second-order valence-corrected chi connectivity index (χ2v) is 8.27. The first kappa shape index (κ1) is 21.2. The Morgan fingerprint density at radius 1 is 0.935 bits per heavy atom. The van der Waals surface area contributed by atoms with E-state index in [1.165, 1.54) is 9.80 Å². The van der Waals surface area contributed by atoms with Crippen molar-refractivity contribution >= 4 is 44.4 Å². The Morgan fingerprint density at radius 2 is 1.58 bits per heavy atom. The Morgan fingerprint density at radius 3 is 2.19 bits per heavy atom. The van der Waals surface area contributed by atoms with Gasteiger partial charge in [0.15, 0.2) is 0 Å². The summed E-state index contributed by atoms with van der Waals surface area (Å²) in [6.45, 7) is 0.511. The van der Waals surface area contributed by atoms with Crippen LogP contribution in [-0.4, -0.2) is 58.9 Å². The Labute approximate surface area is 188 Å². The number of carbonyl (C=O) groups excluding carboxylic acids is 3. The van der Waals surface area contributed by atoms with Crippen LogP contribution in [0.25, 0.3) is 10.8 Å². The number of hydrogen-bond donors (Lipinski definition) is 1. The fraction of sp³-hybridized carbons (Fsp3) is 0.208. The Bertz CT molecular complexity index is 1130. The van der Waals surface area contributed by atoms with Gasteiger partial charge in [-0.1, -0.05) is 46.3 Å². The van der Waals surface area contributed by atoms with Crippen molar-refractivity contribution in [2.45, 2.75) is 6.42 Å². The molecule has 0 radical (unpaired) electrons. The predicted octanol–water partition coefficient (Wildman–Crippen LogP) is 3.72. The number of aliphatic hydroxyl groups is 1. The van der Waals surface area contributed by atoms with Crippen LogP contribution >= 0.6 is 15.9 Å². The molecule has 0 unspecified atom stereocenters. The Balaban J connectivity index is 1.49. The number of imide groups is 1. The third-order valence-corrected chi connectivity index (χ3v) is 5.89. The maximum absolute atomic E-state index is 13.0. The van der Waals surface area contributed by atoms with Crippen molar-refractivity contribution in [2.75, 3.05) is 26.2 Å². The molecule has 0 saturated heterocycles. The molecular weight excluding hydrogens is 460 g/mol. The number of rotatable bonds is 7. The van der Waals surface area contributed by atoms with Gasteiger partial charge in [0.1, 0.15) is 0 Å². The maximum Gasteiger partial charge on any atom is 0.261 e. The smallest absolute Gasteiger partial charge is 0.261 e. The number of halogens is 1. The van der Waals surface area contributed by atoms with E-state index < -0.39 is 0 Å². The highest BCUT2D eigenvalue weighted by Gasteiger charge is 2.32. The molecule has 6 nitrogen and oxygen atoms in total. The largest absolute Gasteiger partial charge is 0.395 e. The summed E-state index contributed by atoms with van der Waals surface area (Å²) in [4.78, 5) is 41.6. The molecule has 3 aromatic rings. The van der Waals surface area contributed by atoms with E-state index in [9.17, 15) is 19.5 Å². The van der Waals surface area contributed by atoms with Crippen LogP contribution < -0.4 is 0 Å². The molecule has 0 aliphatic carbocycles. The first-order chi connectivity index (χ1) is 15.0. The van der Waals surface area contributed by atoms with Crippen molar-refractivity contribution in [1.29, 1.82) is 0 Å². The van der Waals surface area contributed by atoms with E-state index >= 15 is 0 Å². The predicted molar refractivity (Wildman–Crippen MR) is 121 cm³/mol. The van der Waals surface area contributed by atoms with Gasteiger partial charge < -0.3 is 10.0 Å². The molecule has 3 amide bonds. The summed E-state index contributed by atoms with van der Waals surface area (Å²) in [5, 5.41) is 11.0. The number of hydrogen-bond acceptors (Lipinski definition) is 4. The molecule has 0 aromatic heterocycles. The van der Waals surface area contributed by atoms with Gasteiger partial charge in [0.05, 0.1) is 6.61 Å². The highest BCUT2D eigenvalue weighted by Crippen LogP contribution is 2.30. The van der Waals surface area contributed by atoms with Gasteiger partial charge in [-0.2, -0.15) is 0 Å². The first-order valence-electron chi connectivity index (χ1n) is 10.0. The fourth-order valence-corrected chi connectivity index (χ4v) is 4.34. The first-order valence-corrected chi connectivity index (χ1v) is 10.8. The van der Waals surface area contributed by atoms with Crippen molar-refractivity contribution in [3.05, 3.63) is 81.8 Å². The van der Waals surface area contributed by atoms with Gasteiger partial charge in [0, 0.05) is 46.2 Å². The third kappa shape index (κ3) is 4.11. The number of carbonyl (C=O) groups is 3. The van der Waals surface area contributed by atoms with Crippen LogP contribution in [0.15, 0.2) is 65.1 Å². The quantitative estimate of drug-likeness (QED) is 0.522. The minimum absolute atomic E-state index is 0.170. The van der Waals surface area contributed by atoms with Crippen LogP contribution in [-0.2, 0) is 0 Å². The van der Waals surface area contributed by atoms with Gasteiger partial charge >= 0.3 is 0 Å². The van der Waals surface area contributed by atoms with Crippen LogP contribution in [0, 0.1) is 0 Å². The Hall–Kier alpha value is -3.03. The molecule has 0 atom stereocenters. The highest BCUT2D eigenvalue weighted by atomic mass is 79.9. The van der Waals surface area contributed by atoms with Crippen LogP contribution in [0.4, 0.5) is 0 Å². The molecule has 158 valence electrons.